The first-order chi connectivity index (χ1) is 18.1. The number of hydrogen-bond donors (Lipinski definition) is 0. The van der Waals surface area contributed by atoms with Crippen LogP contribution in [0.15, 0.2) is 48.8 Å². The molecule has 2 aromatic carbocycles. The first-order valence-corrected chi connectivity index (χ1v) is 13.3. The van der Waals surface area contributed by atoms with E-state index in [0.29, 0.717) is 73.2 Å². The molecule has 9 nitrogen and oxygen atoms in total. The number of nitrogens with zero attached hydrogens (tertiary/aromatic N) is 4. The number of thiazole rings is 1. The minimum absolute atomic E-state index is 0.228. The average Bonchev–Trinajstić information content (AvgIpc) is 3.57. The van der Waals surface area contributed by atoms with Gasteiger partial charge in [0.05, 0.1) is 37.7 Å². The molecule has 0 aliphatic rings. The van der Waals surface area contributed by atoms with Crippen LogP contribution in [0.1, 0.15) is 38.1 Å². The van der Waals surface area contributed by atoms with Crippen molar-refractivity contribution in [3.8, 4) is 23.0 Å². The Morgan fingerprint density at radius 1 is 0.919 bits per heavy atom. The predicted molar refractivity (Wildman–Crippen MR) is 145 cm³/mol. The quantitative estimate of drug-likeness (QED) is 0.230. The Morgan fingerprint density at radius 3 is 2.22 bits per heavy atom. The lowest BCUT2D eigenvalue weighted by molar-refractivity contribution is 0.0984. The van der Waals surface area contributed by atoms with E-state index in [4.69, 9.17) is 23.9 Å². The molecule has 0 radical (unpaired) electrons. The van der Waals surface area contributed by atoms with E-state index in [0.717, 1.165) is 10.2 Å². The van der Waals surface area contributed by atoms with Gasteiger partial charge in [-0.3, -0.25) is 14.4 Å². The third-order valence-corrected chi connectivity index (χ3v) is 6.46. The first kappa shape index (κ1) is 26.3. The molecule has 0 fully saturated rings. The van der Waals surface area contributed by atoms with Crippen LogP contribution in [-0.4, -0.2) is 53.6 Å². The zero-order valence-corrected chi connectivity index (χ0v) is 22.4. The molecular formula is C27H32N4O5S. The summed E-state index contributed by atoms with van der Waals surface area (Å²) in [4.78, 5) is 20.5. The molecule has 0 bridgehead atoms. The second-order valence-electron chi connectivity index (χ2n) is 7.86. The van der Waals surface area contributed by atoms with E-state index in [-0.39, 0.29) is 5.91 Å². The van der Waals surface area contributed by atoms with Gasteiger partial charge in [0.1, 0.15) is 11.3 Å². The summed E-state index contributed by atoms with van der Waals surface area (Å²) < 4.78 is 26.0. The number of fused-ring (bicyclic) bond motifs is 1. The summed E-state index contributed by atoms with van der Waals surface area (Å²) in [7, 11) is 0. The fourth-order valence-electron chi connectivity index (χ4n) is 3.89. The number of anilines is 1. The molecule has 1 amide bonds. The molecule has 4 aromatic rings. The highest BCUT2D eigenvalue weighted by Crippen LogP contribution is 2.40. The van der Waals surface area contributed by atoms with Crippen molar-refractivity contribution in [2.75, 3.05) is 37.9 Å². The maximum Gasteiger partial charge on any atom is 0.260 e. The molecule has 0 aliphatic heterocycles. The number of hydrogen-bond acceptors (Lipinski definition) is 8. The molecule has 196 valence electrons. The Hall–Kier alpha value is -3.79. The third-order valence-electron chi connectivity index (χ3n) is 5.41. The number of rotatable bonds is 13. The SMILES string of the molecule is CCOc1cc(C(=O)N(CCn2cccn2)c2nc3c(OCC)cccc3s2)cc(OCC)c1OCC. The van der Waals surface area contributed by atoms with Crippen LogP contribution in [0.4, 0.5) is 5.13 Å². The lowest BCUT2D eigenvalue weighted by Gasteiger charge is -2.22. The second kappa shape index (κ2) is 12.4. The zero-order chi connectivity index (χ0) is 26.2. The summed E-state index contributed by atoms with van der Waals surface area (Å²) in [6.07, 6.45) is 3.58. The van der Waals surface area contributed by atoms with Crippen LogP contribution in [0.2, 0.25) is 0 Å². The van der Waals surface area contributed by atoms with Gasteiger partial charge in [0.15, 0.2) is 16.6 Å². The maximum absolute atomic E-state index is 14.1. The lowest BCUT2D eigenvalue weighted by Crippen LogP contribution is -2.34. The summed E-state index contributed by atoms with van der Waals surface area (Å²) in [5.74, 6) is 1.89. The summed E-state index contributed by atoms with van der Waals surface area (Å²) in [6, 6.07) is 11.1. The first-order valence-electron chi connectivity index (χ1n) is 12.5. The van der Waals surface area contributed by atoms with E-state index in [2.05, 4.69) is 5.10 Å². The summed E-state index contributed by atoms with van der Waals surface area (Å²) in [6.45, 7) is 10.3. The molecule has 0 saturated carbocycles. The Labute approximate surface area is 220 Å². The molecule has 0 aliphatic carbocycles. The van der Waals surface area contributed by atoms with Crippen molar-refractivity contribution < 1.29 is 23.7 Å². The normalized spacial score (nSPS) is 10.9. The van der Waals surface area contributed by atoms with E-state index >= 15 is 0 Å². The number of amides is 1. The fourth-order valence-corrected chi connectivity index (χ4v) is 4.89. The van der Waals surface area contributed by atoms with Crippen LogP contribution < -0.4 is 23.8 Å². The summed E-state index contributed by atoms with van der Waals surface area (Å²) in [5.41, 5.74) is 1.15. The Bertz CT molecular complexity index is 1290. The van der Waals surface area contributed by atoms with Crippen LogP contribution in [0.25, 0.3) is 10.2 Å². The Kier molecular flexibility index (Phi) is 8.84. The van der Waals surface area contributed by atoms with Gasteiger partial charge in [-0.25, -0.2) is 4.98 Å². The highest BCUT2D eigenvalue weighted by atomic mass is 32.1. The molecular weight excluding hydrogens is 492 g/mol. The molecule has 4 rings (SSSR count). The van der Waals surface area contributed by atoms with Gasteiger partial charge < -0.3 is 18.9 Å². The molecule has 0 spiro atoms. The van der Waals surface area contributed by atoms with Crippen molar-refractivity contribution in [3.63, 3.8) is 0 Å². The van der Waals surface area contributed by atoms with E-state index in [1.807, 2.05) is 58.2 Å². The van der Waals surface area contributed by atoms with Crippen molar-refractivity contribution in [3.05, 3.63) is 54.4 Å². The van der Waals surface area contributed by atoms with Gasteiger partial charge >= 0.3 is 0 Å². The molecule has 0 N–H and O–H groups in total. The monoisotopic (exact) mass is 524 g/mol. The van der Waals surface area contributed by atoms with Crippen molar-refractivity contribution in [1.82, 2.24) is 14.8 Å². The number of ether oxygens (including phenoxy) is 4. The van der Waals surface area contributed by atoms with Gasteiger partial charge in [0.25, 0.3) is 5.91 Å². The van der Waals surface area contributed by atoms with E-state index < -0.39 is 0 Å². The minimum Gasteiger partial charge on any atom is -0.492 e. The van der Waals surface area contributed by atoms with Gasteiger partial charge in [0.2, 0.25) is 5.75 Å². The Morgan fingerprint density at radius 2 is 1.59 bits per heavy atom. The highest BCUT2D eigenvalue weighted by Gasteiger charge is 2.26. The standard InChI is InChI=1S/C27H32N4O5S/c1-5-33-20-11-9-12-23-24(20)29-27(37-23)31(16-15-30-14-10-13-28-30)26(32)19-17-21(34-6-2)25(36-8-4)22(18-19)35-7-3/h9-14,17-18H,5-8,15-16H2,1-4H3. The van der Waals surface area contributed by atoms with E-state index in [9.17, 15) is 4.79 Å². The molecule has 10 heteroatoms. The third kappa shape index (κ3) is 5.96. The van der Waals surface area contributed by atoms with Crippen molar-refractivity contribution >= 4 is 32.6 Å². The van der Waals surface area contributed by atoms with Crippen LogP contribution in [-0.2, 0) is 6.54 Å². The topological polar surface area (TPSA) is 87.9 Å². The fraction of sp³-hybridized carbons (Fsp3) is 0.370. The zero-order valence-electron chi connectivity index (χ0n) is 21.6. The van der Waals surface area contributed by atoms with Gasteiger partial charge in [-0.15, -0.1) is 0 Å². The molecule has 0 atom stereocenters. The van der Waals surface area contributed by atoms with Gasteiger partial charge in [-0.1, -0.05) is 17.4 Å². The summed E-state index contributed by atoms with van der Waals surface area (Å²) >= 11 is 1.44. The molecule has 2 aromatic heterocycles. The van der Waals surface area contributed by atoms with Gasteiger partial charge in [-0.2, -0.15) is 5.10 Å². The number of para-hydroxylation sites is 1. The summed E-state index contributed by atoms with van der Waals surface area (Å²) in [5, 5.41) is 4.86. The highest BCUT2D eigenvalue weighted by molar-refractivity contribution is 7.22. The molecule has 0 saturated heterocycles. The number of carbonyl (C=O) groups excluding carboxylic acids is 1. The largest absolute Gasteiger partial charge is 0.492 e. The smallest absolute Gasteiger partial charge is 0.260 e. The van der Waals surface area contributed by atoms with E-state index in [1.54, 1.807) is 27.9 Å². The maximum atomic E-state index is 14.1. The van der Waals surface area contributed by atoms with Crippen LogP contribution in [0, 0.1) is 0 Å². The van der Waals surface area contributed by atoms with Crippen molar-refractivity contribution in [1.29, 1.82) is 0 Å². The average molecular weight is 525 g/mol. The lowest BCUT2D eigenvalue weighted by atomic mass is 10.1. The van der Waals surface area contributed by atoms with Gasteiger partial charge in [0, 0.05) is 24.5 Å². The van der Waals surface area contributed by atoms with Crippen molar-refractivity contribution in [2.24, 2.45) is 0 Å². The van der Waals surface area contributed by atoms with Crippen molar-refractivity contribution in [2.45, 2.75) is 34.2 Å². The van der Waals surface area contributed by atoms with Gasteiger partial charge in [-0.05, 0) is 58.0 Å². The van der Waals surface area contributed by atoms with Crippen LogP contribution >= 0.6 is 11.3 Å². The Balaban J connectivity index is 1.77. The molecule has 37 heavy (non-hydrogen) atoms. The second-order valence-corrected chi connectivity index (χ2v) is 8.87. The molecule has 2 heterocycles. The van der Waals surface area contributed by atoms with Crippen LogP contribution in [0.3, 0.4) is 0 Å². The number of aromatic nitrogens is 3. The number of benzene rings is 2. The van der Waals surface area contributed by atoms with Crippen LogP contribution in [0.5, 0.6) is 23.0 Å². The number of carbonyl (C=O) groups is 1. The molecule has 0 unspecified atom stereocenters. The predicted octanol–water partition coefficient (Wildman–Crippen LogP) is 5.43. The van der Waals surface area contributed by atoms with E-state index in [1.165, 1.54) is 11.3 Å². The minimum atomic E-state index is -0.228.